The molecule has 1 aromatic rings. The Morgan fingerprint density at radius 1 is 1.61 bits per heavy atom. The summed E-state index contributed by atoms with van der Waals surface area (Å²) in [4.78, 5) is 18.8. The highest BCUT2D eigenvalue weighted by Gasteiger charge is 2.11. The van der Waals surface area contributed by atoms with Crippen molar-refractivity contribution in [1.29, 1.82) is 0 Å². The van der Waals surface area contributed by atoms with E-state index in [0.29, 0.717) is 5.56 Å². The smallest absolute Gasteiger partial charge is 0.250 e. The third-order valence-electron chi connectivity index (χ3n) is 2.05. The Balaban J connectivity index is 3.17. The number of amides is 1. The van der Waals surface area contributed by atoms with E-state index in [9.17, 15) is 9.18 Å². The van der Waals surface area contributed by atoms with Crippen molar-refractivity contribution in [2.24, 2.45) is 10.7 Å². The van der Waals surface area contributed by atoms with E-state index >= 15 is 0 Å². The molecule has 0 aliphatic rings. The van der Waals surface area contributed by atoms with Gasteiger partial charge >= 0.3 is 0 Å². The maximum absolute atomic E-state index is 13.1. The molecule has 0 unspecified atom stereocenters. The van der Waals surface area contributed by atoms with Crippen molar-refractivity contribution in [3.05, 3.63) is 36.0 Å². The van der Waals surface area contributed by atoms with Crippen molar-refractivity contribution >= 4 is 17.8 Å². The minimum atomic E-state index is -0.688. The van der Waals surface area contributed by atoms with Crippen LogP contribution in [0.25, 0.3) is 5.57 Å². The second-order valence-electron chi connectivity index (χ2n) is 3.30. The number of rotatable bonds is 5. The molecule has 3 N–H and O–H groups in total. The Kier molecular flexibility index (Phi) is 4.94. The molecule has 18 heavy (non-hydrogen) atoms. The van der Waals surface area contributed by atoms with Gasteiger partial charge in [0.1, 0.15) is 12.2 Å². The number of nitrogens with two attached hydrogens (primary N) is 1. The van der Waals surface area contributed by atoms with E-state index in [1.54, 1.807) is 14.1 Å². The van der Waals surface area contributed by atoms with Crippen LogP contribution in [0.1, 0.15) is 5.56 Å². The fraction of sp³-hybridized carbons (Fsp3) is 0.182. The lowest BCUT2D eigenvalue weighted by atomic mass is 10.1. The van der Waals surface area contributed by atoms with Gasteiger partial charge < -0.3 is 5.73 Å². The molecular formula is C11H14FN5O. The van der Waals surface area contributed by atoms with E-state index in [2.05, 4.69) is 15.4 Å². The van der Waals surface area contributed by atoms with Gasteiger partial charge in [0.2, 0.25) is 0 Å². The lowest BCUT2D eigenvalue weighted by Crippen LogP contribution is -2.30. The zero-order valence-electron chi connectivity index (χ0n) is 10.1. The maximum atomic E-state index is 13.1. The molecule has 96 valence electrons. The first-order valence-corrected chi connectivity index (χ1v) is 5.09. The van der Waals surface area contributed by atoms with Crippen LogP contribution in [0.4, 0.5) is 4.39 Å². The van der Waals surface area contributed by atoms with Gasteiger partial charge in [-0.05, 0) is 6.07 Å². The maximum Gasteiger partial charge on any atom is 0.250 e. The highest BCUT2D eigenvalue weighted by molar-refractivity contribution is 6.18. The van der Waals surface area contributed by atoms with Crippen LogP contribution in [0.2, 0.25) is 0 Å². The number of nitrogens with zero attached hydrogens (tertiary/aromatic N) is 3. The van der Waals surface area contributed by atoms with E-state index in [4.69, 9.17) is 5.73 Å². The number of hydrogen-bond acceptors (Lipinski definition) is 4. The van der Waals surface area contributed by atoms with E-state index in [0.717, 1.165) is 6.20 Å². The van der Waals surface area contributed by atoms with Gasteiger partial charge in [-0.15, -0.1) is 0 Å². The number of nitrogens with one attached hydrogen (secondary N) is 1. The summed E-state index contributed by atoms with van der Waals surface area (Å²) in [6.07, 6.45) is 5.25. The quantitative estimate of drug-likeness (QED) is 0.337. The molecule has 0 aliphatic heterocycles. The summed E-state index contributed by atoms with van der Waals surface area (Å²) in [5.41, 5.74) is 8.44. The molecule has 0 saturated carbocycles. The van der Waals surface area contributed by atoms with Crippen molar-refractivity contribution in [2.45, 2.75) is 0 Å². The van der Waals surface area contributed by atoms with Crippen LogP contribution in [-0.2, 0) is 4.79 Å². The van der Waals surface area contributed by atoms with Gasteiger partial charge in [0, 0.05) is 32.1 Å². The van der Waals surface area contributed by atoms with E-state index < -0.39 is 11.7 Å². The lowest BCUT2D eigenvalue weighted by molar-refractivity contribution is -0.112. The van der Waals surface area contributed by atoms with Crippen molar-refractivity contribution in [3.63, 3.8) is 0 Å². The summed E-state index contributed by atoms with van der Waals surface area (Å²) < 4.78 is 13.1. The number of carbonyl (C=O) groups excluding carboxylic acids is 1. The van der Waals surface area contributed by atoms with Crippen molar-refractivity contribution in [2.75, 3.05) is 14.1 Å². The summed E-state index contributed by atoms with van der Waals surface area (Å²) in [5, 5.41) is 1.42. The van der Waals surface area contributed by atoms with Crippen molar-refractivity contribution < 1.29 is 9.18 Å². The van der Waals surface area contributed by atoms with E-state index in [1.807, 2.05) is 0 Å². The Labute approximate surface area is 104 Å². The molecule has 0 spiro atoms. The minimum absolute atomic E-state index is 0.122. The first-order chi connectivity index (χ1) is 8.58. The van der Waals surface area contributed by atoms with Crippen LogP contribution < -0.4 is 11.2 Å². The van der Waals surface area contributed by atoms with Crippen LogP contribution in [0, 0.1) is 5.82 Å². The lowest BCUT2D eigenvalue weighted by Gasteiger charge is -2.14. The number of aromatic nitrogens is 1. The van der Waals surface area contributed by atoms with Gasteiger partial charge in [-0.3, -0.25) is 19.8 Å². The largest absolute Gasteiger partial charge is 0.366 e. The van der Waals surface area contributed by atoms with Crippen molar-refractivity contribution in [1.82, 2.24) is 15.4 Å². The summed E-state index contributed by atoms with van der Waals surface area (Å²) >= 11 is 0. The molecule has 1 aromatic heterocycles. The van der Waals surface area contributed by atoms with Gasteiger partial charge in [-0.1, -0.05) is 0 Å². The average molecular weight is 251 g/mol. The summed E-state index contributed by atoms with van der Waals surface area (Å²) in [5.74, 6) is -1.23. The van der Waals surface area contributed by atoms with Crippen LogP contribution in [-0.4, -0.2) is 36.3 Å². The minimum Gasteiger partial charge on any atom is -0.366 e. The Morgan fingerprint density at radius 2 is 2.33 bits per heavy atom. The Hall–Kier alpha value is -2.28. The summed E-state index contributed by atoms with van der Waals surface area (Å²) in [6.45, 7) is 0. The number of hydrazine groups is 1. The second-order valence-corrected chi connectivity index (χ2v) is 3.30. The molecule has 0 aliphatic carbocycles. The van der Waals surface area contributed by atoms with Crippen LogP contribution >= 0.6 is 0 Å². The molecule has 0 fully saturated rings. The highest BCUT2D eigenvalue weighted by atomic mass is 19.1. The topological polar surface area (TPSA) is 83.6 Å². The van der Waals surface area contributed by atoms with Crippen molar-refractivity contribution in [3.8, 4) is 0 Å². The second kappa shape index (κ2) is 6.45. The highest BCUT2D eigenvalue weighted by Crippen LogP contribution is 2.14. The number of primary amides is 1. The van der Waals surface area contributed by atoms with Gasteiger partial charge in [-0.2, -0.15) is 0 Å². The predicted octanol–water partition coefficient (Wildman–Crippen LogP) is 0.141. The molecule has 1 rings (SSSR count). The summed E-state index contributed by atoms with van der Waals surface area (Å²) in [7, 11) is 3.21. The van der Waals surface area contributed by atoms with Gasteiger partial charge in [0.25, 0.3) is 5.91 Å². The molecule has 7 heteroatoms. The monoisotopic (exact) mass is 251 g/mol. The number of carbonyl (C=O) groups is 1. The Morgan fingerprint density at radius 3 is 2.83 bits per heavy atom. The number of halogens is 1. The molecule has 0 bridgehead atoms. The van der Waals surface area contributed by atoms with Gasteiger partial charge in [0.15, 0.2) is 0 Å². The van der Waals surface area contributed by atoms with Crippen LogP contribution in [0.5, 0.6) is 0 Å². The molecule has 1 amide bonds. The van der Waals surface area contributed by atoms with Crippen LogP contribution in [0.3, 0.4) is 0 Å². The third kappa shape index (κ3) is 3.63. The molecule has 0 atom stereocenters. The molecule has 0 aromatic carbocycles. The standard InChI is InChI=1S/C11H14FN5O/c1-14-7-17(15-2)6-10(11(13)18)8-3-9(12)5-16-4-8/h3-7,15H,1-2H3,(H2,13,18)/b10-6+,14-7-. The van der Waals surface area contributed by atoms with E-state index in [1.165, 1.54) is 29.8 Å². The molecular weight excluding hydrogens is 237 g/mol. The SMILES string of the molecule is C/N=C\N(/C=C(/C(N)=O)c1cncc(F)c1)NC. The van der Waals surface area contributed by atoms with Crippen LogP contribution in [0.15, 0.2) is 29.7 Å². The fourth-order valence-electron chi connectivity index (χ4n) is 1.26. The zero-order chi connectivity index (χ0) is 13.5. The fourth-order valence-corrected chi connectivity index (χ4v) is 1.26. The zero-order valence-corrected chi connectivity index (χ0v) is 10.1. The summed E-state index contributed by atoms with van der Waals surface area (Å²) in [6, 6.07) is 1.18. The first kappa shape index (κ1) is 13.8. The molecule has 6 nitrogen and oxygen atoms in total. The number of aliphatic imine (C=N–C) groups is 1. The normalized spacial score (nSPS) is 11.8. The number of hydrogen-bond donors (Lipinski definition) is 2. The predicted molar refractivity (Wildman–Crippen MR) is 66.7 cm³/mol. The molecule has 0 radical (unpaired) electrons. The van der Waals surface area contributed by atoms with Gasteiger partial charge in [0.05, 0.1) is 11.8 Å². The third-order valence-corrected chi connectivity index (χ3v) is 2.05. The number of pyridine rings is 1. The molecule has 1 heterocycles. The Bertz CT molecular complexity index is 486. The first-order valence-electron chi connectivity index (χ1n) is 5.09. The van der Waals surface area contributed by atoms with E-state index in [-0.39, 0.29) is 5.57 Å². The average Bonchev–Trinajstić information content (AvgIpc) is 2.33. The molecule has 0 saturated heterocycles. The van der Waals surface area contributed by atoms with Gasteiger partial charge in [-0.25, -0.2) is 9.82 Å².